The van der Waals surface area contributed by atoms with Gasteiger partial charge in [0.2, 0.25) is 0 Å². The molecule has 0 bridgehead atoms. The topological polar surface area (TPSA) is 59.1 Å². The average molecular weight is 417 g/mol. The number of carbonyl (C=O) groups is 2. The number of nitrogens with zero attached hydrogens (tertiary/aromatic N) is 2. The standard InChI is InChI=1S/C22H25ClN2O4/c1-2-17-5-3-4-6-20(17)29-16-22(27)25-13-11-24(12-14-25)21(26)15-28-19-9-7-18(23)8-10-19/h3-10H,2,11-16H2,1H3. The number of aryl methyl sites for hydroxylation is 1. The molecule has 2 aromatic carbocycles. The van der Waals surface area contributed by atoms with Crippen LogP contribution in [0.25, 0.3) is 0 Å². The Morgan fingerprint density at radius 3 is 2.00 bits per heavy atom. The van der Waals surface area contributed by atoms with Crippen LogP contribution >= 0.6 is 11.6 Å². The van der Waals surface area contributed by atoms with E-state index < -0.39 is 0 Å². The van der Waals surface area contributed by atoms with E-state index in [1.807, 2.05) is 24.3 Å². The fourth-order valence-corrected chi connectivity index (χ4v) is 3.27. The molecule has 1 saturated heterocycles. The molecular weight excluding hydrogens is 392 g/mol. The number of ether oxygens (including phenoxy) is 2. The Labute approximate surface area is 176 Å². The zero-order valence-corrected chi connectivity index (χ0v) is 17.2. The second kappa shape index (κ2) is 10.2. The third-order valence-electron chi connectivity index (χ3n) is 4.87. The SMILES string of the molecule is CCc1ccccc1OCC(=O)N1CCN(C(=O)COc2ccc(Cl)cc2)CC1. The molecule has 7 heteroatoms. The van der Waals surface area contributed by atoms with Crippen molar-refractivity contribution in [2.75, 3.05) is 39.4 Å². The summed E-state index contributed by atoms with van der Waals surface area (Å²) in [6, 6.07) is 14.6. The van der Waals surface area contributed by atoms with E-state index in [2.05, 4.69) is 6.92 Å². The van der Waals surface area contributed by atoms with Crippen molar-refractivity contribution in [1.29, 1.82) is 0 Å². The number of carbonyl (C=O) groups excluding carboxylic acids is 2. The van der Waals surface area contributed by atoms with Crippen LogP contribution in [0.4, 0.5) is 0 Å². The fraction of sp³-hybridized carbons (Fsp3) is 0.364. The lowest BCUT2D eigenvalue weighted by Crippen LogP contribution is -2.52. The molecule has 1 aliphatic heterocycles. The molecule has 0 atom stereocenters. The van der Waals surface area contributed by atoms with Gasteiger partial charge in [-0.1, -0.05) is 36.7 Å². The molecule has 154 valence electrons. The van der Waals surface area contributed by atoms with Crippen molar-refractivity contribution in [3.05, 3.63) is 59.1 Å². The summed E-state index contributed by atoms with van der Waals surface area (Å²) in [6.45, 7) is 3.98. The monoisotopic (exact) mass is 416 g/mol. The van der Waals surface area contributed by atoms with Gasteiger partial charge >= 0.3 is 0 Å². The van der Waals surface area contributed by atoms with E-state index in [9.17, 15) is 9.59 Å². The van der Waals surface area contributed by atoms with Crippen LogP contribution in [0.3, 0.4) is 0 Å². The average Bonchev–Trinajstić information content (AvgIpc) is 2.77. The molecule has 2 amide bonds. The van der Waals surface area contributed by atoms with Crippen LogP contribution in [0.5, 0.6) is 11.5 Å². The molecule has 6 nitrogen and oxygen atoms in total. The Hall–Kier alpha value is -2.73. The first-order chi connectivity index (χ1) is 14.1. The van der Waals surface area contributed by atoms with Crippen LogP contribution in [0.2, 0.25) is 5.02 Å². The first kappa shape index (κ1) is 21.0. The van der Waals surface area contributed by atoms with Gasteiger partial charge < -0.3 is 19.3 Å². The molecule has 1 aliphatic rings. The highest BCUT2D eigenvalue weighted by molar-refractivity contribution is 6.30. The minimum Gasteiger partial charge on any atom is -0.484 e. The Balaban J connectivity index is 1.41. The number of hydrogen-bond acceptors (Lipinski definition) is 4. The quantitative estimate of drug-likeness (QED) is 0.696. The van der Waals surface area contributed by atoms with E-state index in [0.29, 0.717) is 37.0 Å². The van der Waals surface area contributed by atoms with E-state index >= 15 is 0 Å². The summed E-state index contributed by atoms with van der Waals surface area (Å²) in [6.07, 6.45) is 0.850. The highest BCUT2D eigenvalue weighted by Crippen LogP contribution is 2.18. The van der Waals surface area contributed by atoms with Gasteiger partial charge in [0, 0.05) is 31.2 Å². The van der Waals surface area contributed by atoms with Gasteiger partial charge in [0.15, 0.2) is 13.2 Å². The highest BCUT2D eigenvalue weighted by atomic mass is 35.5. The second-order valence-corrected chi connectivity index (χ2v) is 7.19. The van der Waals surface area contributed by atoms with Crippen molar-refractivity contribution in [3.8, 4) is 11.5 Å². The number of halogens is 1. The summed E-state index contributed by atoms with van der Waals surface area (Å²) in [5, 5.41) is 0.617. The molecule has 3 rings (SSSR count). The lowest BCUT2D eigenvalue weighted by Gasteiger charge is -2.34. The fourth-order valence-electron chi connectivity index (χ4n) is 3.14. The van der Waals surface area contributed by atoms with Gasteiger partial charge in [-0.25, -0.2) is 0 Å². The van der Waals surface area contributed by atoms with Crippen molar-refractivity contribution in [2.45, 2.75) is 13.3 Å². The molecule has 0 N–H and O–H groups in total. The maximum Gasteiger partial charge on any atom is 0.260 e. The number of rotatable bonds is 7. The minimum absolute atomic E-state index is 0.00460. The van der Waals surface area contributed by atoms with Crippen molar-refractivity contribution >= 4 is 23.4 Å². The van der Waals surface area contributed by atoms with Crippen molar-refractivity contribution in [1.82, 2.24) is 9.80 Å². The Kier molecular flexibility index (Phi) is 7.36. The summed E-state index contributed by atoms with van der Waals surface area (Å²) < 4.78 is 11.2. The van der Waals surface area contributed by atoms with Crippen molar-refractivity contribution in [2.24, 2.45) is 0 Å². The molecule has 1 heterocycles. The van der Waals surface area contributed by atoms with Gasteiger partial charge in [-0.05, 0) is 42.3 Å². The van der Waals surface area contributed by atoms with Crippen LogP contribution in [0, 0.1) is 0 Å². The lowest BCUT2D eigenvalue weighted by molar-refractivity contribution is -0.141. The largest absolute Gasteiger partial charge is 0.484 e. The molecule has 0 saturated carbocycles. The normalized spacial score (nSPS) is 13.9. The lowest BCUT2D eigenvalue weighted by atomic mass is 10.1. The third-order valence-corrected chi connectivity index (χ3v) is 5.12. The molecule has 2 aromatic rings. The highest BCUT2D eigenvalue weighted by Gasteiger charge is 2.24. The van der Waals surface area contributed by atoms with Gasteiger partial charge in [-0.3, -0.25) is 9.59 Å². The van der Waals surface area contributed by atoms with Crippen LogP contribution in [-0.2, 0) is 16.0 Å². The summed E-state index contributed by atoms with van der Waals surface area (Å²) in [4.78, 5) is 28.2. The maximum absolute atomic E-state index is 12.4. The van der Waals surface area contributed by atoms with E-state index in [1.165, 1.54) is 0 Å². The predicted octanol–water partition coefficient (Wildman–Crippen LogP) is 3.03. The van der Waals surface area contributed by atoms with Crippen molar-refractivity contribution < 1.29 is 19.1 Å². The number of para-hydroxylation sites is 1. The van der Waals surface area contributed by atoms with Crippen LogP contribution in [0.1, 0.15) is 12.5 Å². The summed E-state index contributed by atoms with van der Waals surface area (Å²) in [5.74, 6) is 1.18. The zero-order valence-electron chi connectivity index (χ0n) is 16.5. The molecule has 0 unspecified atom stereocenters. The van der Waals surface area contributed by atoms with Crippen molar-refractivity contribution in [3.63, 3.8) is 0 Å². The van der Waals surface area contributed by atoms with Crippen LogP contribution < -0.4 is 9.47 Å². The molecule has 0 radical (unpaired) electrons. The molecular formula is C22H25ClN2O4. The van der Waals surface area contributed by atoms with Gasteiger partial charge in [-0.15, -0.1) is 0 Å². The number of piperazine rings is 1. The van der Waals surface area contributed by atoms with E-state index in [1.54, 1.807) is 34.1 Å². The number of hydrogen-bond donors (Lipinski definition) is 0. The summed E-state index contributed by atoms with van der Waals surface area (Å²) in [7, 11) is 0. The Morgan fingerprint density at radius 1 is 0.862 bits per heavy atom. The van der Waals surface area contributed by atoms with E-state index in [-0.39, 0.29) is 25.0 Å². The van der Waals surface area contributed by atoms with Crippen LogP contribution in [-0.4, -0.2) is 61.0 Å². The molecule has 0 spiro atoms. The van der Waals surface area contributed by atoms with Gasteiger partial charge in [0.05, 0.1) is 0 Å². The van der Waals surface area contributed by atoms with E-state index in [4.69, 9.17) is 21.1 Å². The Morgan fingerprint density at radius 2 is 1.41 bits per heavy atom. The molecule has 0 aliphatic carbocycles. The minimum atomic E-state index is -0.0971. The van der Waals surface area contributed by atoms with Gasteiger partial charge in [0.1, 0.15) is 11.5 Å². The first-order valence-electron chi connectivity index (χ1n) is 9.71. The number of amides is 2. The molecule has 29 heavy (non-hydrogen) atoms. The van der Waals surface area contributed by atoms with Gasteiger partial charge in [-0.2, -0.15) is 0 Å². The van der Waals surface area contributed by atoms with Gasteiger partial charge in [0.25, 0.3) is 11.8 Å². The second-order valence-electron chi connectivity index (χ2n) is 6.75. The smallest absolute Gasteiger partial charge is 0.260 e. The van der Waals surface area contributed by atoms with E-state index in [0.717, 1.165) is 17.7 Å². The zero-order chi connectivity index (χ0) is 20.6. The number of benzene rings is 2. The molecule has 1 fully saturated rings. The summed E-state index contributed by atoms with van der Waals surface area (Å²) in [5.41, 5.74) is 1.08. The first-order valence-corrected chi connectivity index (χ1v) is 10.1. The Bertz CT molecular complexity index is 833. The summed E-state index contributed by atoms with van der Waals surface area (Å²) >= 11 is 5.84. The predicted molar refractivity (Wildman–Crippen MR) is 111 cm³/mol. The van der Waals surface area contributed by atoms with Crippen LogP contribution in [0.15, 0.2) is 48.5 Å². The maximum atomic E-state index is 12.4. The molecule has 0 aromatic heterocycles. The third kappa shape index (κ3) is 5.87.